The molecule has 0 spiro atoms. The quantitative estimate of drug-likeness (QED) is 0.192. The molecule has 0 aliphatic heterocycles. The van der Waals surface area contributed by atoms with Crippen LogP contribution in [-0.4, -0.2) is 24.7 Å². The van der Waals surface area contributed by atoms with Crippen LogP contribution in [0.15, 0.2) is 76.3 Å². The Balaban J connectivity index is 1.49. The molecular weight excluding hydrogens is 507 g/mol. The molecule has 31 heavy (non-hydrogen) atoms. The molecular formula is C22H15BrCl2N2O4. The van der Waals surface area contributed by atoms with Gasteiger partial charge in [0.25, 0.3) is 5.91 Å². The zero-order valence-corrected chi connectivity index (χ0v) is 18.9. The molecule has 0 aliphatic rings. The van der Waals surface area contributed by atoms with Gasteiger partial charge in [-0.3, -0.25) is 4.79 Å². The average Bonchev–Trinajstić information content (AvgIpc) is 2.74. The Bertz CT molecular complexity index is 1120. The van der Waals surface area contributed by atoms with Crippen molar-refractivity contribution in [2.45, 2.75) is 0 Å². The largest absolute Gasteiger partial charge is 0.480 e. The lowest BCUT2D eigenvalue weighted by molar-refractivity contribution is -0.136. The standard InChI is InChI=1S/C22H15BrCl2N2O4/c23-18-4-2-1-3-17(18)22(29)27-26-12-14-5-8-16(9-6-14)31-21(28)13-30-20-10-7-15(24)11-19(20)25/h1-12H,13H2,(H,27,29)/b26-12+. The van der Waals surface area contributed by atoms with E-state index in [2.05, 4.69) is 26.5 Å². The van der Waals surface area contributed by atoms with E-state index in [0.717, 1.165) is 0 Å². The molecule has 3 aromatic rings. The average molecular weight is 522 g/mol. The van der Waals surface area contributed by atoms with Crippen LogP contribution in [0.5, 0.6) is 11.5 Å². The Morgan fingerprint density at radius 1 is 1.03 bits per heavy atom. The molecule has 0 aromatic heterocycles. The smallest absolute Gasteiger partial charge is 0.349 e. The third-order valence-corrected chi connectivity index (χ3v) is 5.07. The van der Waals surface area contributed by atoms with Crippen molar-refractivity contribution in [2.75, 3.05) is 6.61 Å². The molecule has 158 valence electrons. The van der Waals surface area contributed by atoms with E-state index in [1.54, 1.807) is 54.6 Å². The number of nitrogens with zero attached hydrogens (tertiary/aromatic N) is 1. The van der Waals surface area contributed by atoms with Crippen LogP contribution in [-0.2, 0) is 4.79 Å². The van der Waals surface area contributed by atoms with Gasteiger partial charge in [0, 0.05) is 9.50 Å². The van der Waals surface area contributed by atoms with Crippen molar-refractivity contribution in [3.05, 3.63) is 92.4 Å². The first-order chi connectivity index (χ1) is 14.9. The second kappa shape index (κ2) is 10.9. The van der Waals surface area contributed by atoms with Crippen LogP contribution in [0.4, 0.5) is 0 Å². The first-order valence-corrected chi connectivity index (χ1v) is 10.4. The fraction of sp³-hybridized carbons (Fsp3) is 0.0455. The van der Waals surface area contributed by atoms with Crippen LogP contribution in [0.3, 0.4) is 0 Å². The maximum absolute atomic E-state index is 12.1. The van der Waals surface area contributed by atoms with E-state index >= 15 is 0 Å². The first kappa shape index (κ1) is 22.8. The summed E-state index contributed by atoms with van der Waals surface area (Å²) in [5.74, 6) is -0.257. The topological polar surface area (TPSA) is 77.0 Å². The fourth-order valence-corrected chi connectivity index (χ4v) is 3.31. The molecule has 6 nitrogen and oxygen atoms in total. The zero-order valence-electron chi connectivity index (χ0n) is 15.8. The minimum Gasteiger partial charge on any atom is -0.480 e. The summed E-state index contributed by atoms with van der Waals surface area (Å²) in [4.78, 5) is 24.1. The highest BCUT2D eigenvalue weighted by molar-refractivity contribution is 9.10. The Morgan fingerprint density at radius 3 is 2.48 bits per heavy atom. The van der Waals surface area contributed by atoms with Gasteiger partial charge in [0.2, 0.25) is 0 Å². The molecule has 0 heterocycles. The van der Waals surface area contributed by atoms with Gasteiger partial charge in [0.05, 0.1) is 16.8 Å². The Hall–Kier alpha value is -2.87. The van der Waals surface area contributed by atoms with Gasteiger partial charge in [-0.1, -0.05) is 35.3 Å². The molecule has 3 aromatic carbocycles. The van der Waals surface area contributed by atoms with Crippen LogP contribution < -0.4 is 14.9 Å². The van der Waals surface area contributed by atoms with Crippen LogP contribution in [0.25, 0.3) is 0 Å². The zero-order chi connectivity index (χ0) is 22.2. The third kappa shape index (κ3) is 6.82. The van der Waals surface area contributed by atoms with Crippen LogP contribution >= 0.6 is 39.1 Å². The molecule has 0 fully saturated rings. The van der Waals surface area contributed by atoms with Gasteiger partial charge in [-0.2, -0.15) is 5.10 Å². The number of nitrogens with one attached hydrogen (secondary N) is 1. The van der Waals surface area contributed by atoms with Crippen LogP contribution in [0, 0.1) is 0 Å². The number of benzene rings is 3. The summed E-state index contributed by atoms with van der Waals surface area (Å²) in [5.41, 5.74) is 3.64. The number of hydrazone groups is 1. The summed E-state index contributed by atoms with van der Waals surface area (Å²) in [7, 11) is 0. The van der Waals surface area contributed by atoms with Gasteiger partial charge in [0.1, 0.15) is 11.5 Å². The summed E-state index contributed by atoms with van der Waals surface area (Å²) in [6.45, 7) is -0.314. The van der Waals surface area contributed by atoms with Crippen molar-refractivity contribution in [3.8, 4) is 11.5 Å². The molecule has 0 aliphatic carbocycles. The second-order valence-corrected chi connectivity index (χ2v) is 7.78. The lowest BCUT2D eigenvalue weighted by Gasteiger charge is -2.08. The molecule has 1 amide bonds. The third-order valence-electron chi connectivity index (χ3n) is 3.85. The maximum atomic E-state index is 12.1. The number of esters is 1. The molecule has 0 unspecified atom stereocenters. The van der Waals surface area contributed by atoms with E-state index in [0.29, 0.717) is 37.1 Å². The van der Waals surface area contributed by atoms with Gasteiger partial charge >= 0.3 is 5.97 Å². The van der Waals surface area contributed by atoms with E-state index in [9.17, 15) is 9.59 Å². The van der Waals surface area contributed by atoms with Crippen molar-refractivity contribution >= 4 is 57.2 Å². The predicted molar refractivity (Wildman–Crippen MR) is 123 cm³/mol. The molecule has 0 bridgehead atoms. The SMILES string of the molecule is O=C(COc1ccc(Cl)cc1Cl)Oc1ccc(/C=N/NC(=O)c2ccccc2Br)cc1. The molecule has 0 saturated heterocycles. The minimum absolute atomic E-state index is 0.302. The number of carbonyl (C=O) groups excluding carboxylic acids is 2. The molecule has 9 heteroatoms. The van der Waals surface area contributed by atoms with Crippen LogP contribution in [0.1, 0.15) is 15.9 Å². The van der Waals surface area contributed by atoms with E-state index in [4.69, 9.17) is 32.7 Å². The molecule has 0 radical (unpaired) electrons. The monoisotopic (exact) mass is 520 g/mol. The van der Waals surface area contributed by atoms with Gasteiger partial charge in [-0.25, -0.2) is 10.2 Å². The van der Waals surface area contributed by atoms with Crippen LogP contribution in [0.2, 0.25) is 10.0 Å². The number of hydrogen-bond donors (Lipinski definition) is 1. The van der Waals surface area contributed by atoms with Crippen molar-refractivity contribution in [2.24, 2.45) is 5.10 Å². The number of ether oxygens (including phenoxy) is 2. The number of carbonyl (C=O) groups is 2. The summed E-state index contributed by atoms with van der Waals surface area (Å²) in [6, 6.07) is 18.3. The lowest BCUT2D eigenvalue weighted by atomic mass is 10.2. The molecule has 3 rings (SSSR count). The highest BCUT2D eigenvalue weighted by atomic mass is 79.9. The Labute approximate surface area is 196 Å². The highest BCUT2D eigenvalue weighted by Gasteiger charge is 2.09. The first-order valence-electron chi connectivity index (χ1n) is 8.89. The number of hydrogen-bond acceptors (Lipinski definition) is 5. The highest BCUT2D eigenvalue weighted by Crippen LogP contribution is 2.27. The Morgan fingerprint density at radius 2 is 1.77 bits per heavy atom. The fourth-order valence-electron chi connectivity index (χ4n) is 2.38. The van der Waals surface area contributed by atoms with Gasteiger partial charge in [-0.05, 0) is 76.1 Å². The van der Waals surface area contributed by atoms with E-state index < -0.39 is 5.97 Å². The Kier molecular flexibility index (Phi) is 8.06. The summed E-state index contributed by atoms with van der Waals surface area (Å²) in [5, 5.41) is 4.70. The number of amides is 1. The number of halogens is 3. The van der Waals surface area contributed by atoms with E-state index in [1.807, 2.05) is 6.07 Å². The van der Waals surface area contributed by atoms with Crippen molar-refractivity contribution in [1.29, 1.82) is 0 Å². The van der Waals surface area contributed by atoms with Crippen molar-refractivity contribution < 1.29 is 19.1 Å². The molecule has 0 saturated carbocycles. The normalized spacial score (nSPS) is 10.7. The molecule has 0 atom stereocenters. The second-order valence-electron chi connectivity index (χ2n) is 6.09. The number of rotatable bonds is 7. The lowest BCUT2D eigenvalue weighted by Crippen LogP contribution is -2.18. The molecule has 1 N–H and O–H groups in total. The minimum atomic E-state index is -0.590. The summed E-state index contributed by atoms with van der Waals surface area (Å²) >= 11 is 15.1. The predicted octanol–water partition coefficient (Wildman–Crippen LogP) is 5.50. The van der Waals surface area contributed by atoms with Crippen molar-refractivity contribution in [1.82, 2.24) is 5.43 Å². The maximum Gasteiger partial charge on any atom is 0.349 e. The van der Waals surface area contributed by atoms with E-state index in [-0.39, 0.29) is 12.5 Å². The van der Waals surface area contributed by atoms with Gasteiger partial charge in [0.15, 0.2) is 6.61 Å². The summed E-state index contributed by atoms with van der Waals surface area (Å²) in [6.07, 6.45) is 1.48. The van der Waals surface area contributed by atoms with Gasteiger partial charge < -0.3 is 9.47 Å². The van der Waals surface area contributed by atoms with E-state index in [1.165, 1.54) is 12.3 Å². The van der Waals surface area contributed by atoms with Gasteiger partial charge in [-0.15, -0.1) is 0 Å². The van der Waals surface area contributed by atoms with Crippen molar-refractivity contribution in [3.63, 3.8) is 0 Å². The summed E-state index contributed by atoms with van der Waals surface area (Å²) < 4.78 is 11.2.